The van der Waals surface area contributed by atoms with E-state index in [0.29, 0.717) is 18.1 Å². The van der Waals surface area contributed by atoms with Gasteiger partial charge in [-0.1, -0.05) is 73.6 Å². The quantitative estimate of drug-likeness (QED) is 0.564. The molecule has 1 amide bonds. The summed E-state index contributed by atoms with van der Waals surface area (Å²) in [6.07, 6.45) is 0. The molecule has 0 saturated heterocycles. The van der Waals surface area contributed by atoms with Gasteiger partial charge in [0.05, 0.1) is 12.2 Å². The average molecular weight is 415 g/mol. The first-order valence-corrected chi connectivity index (χ1v) is 10.5. The molecule has 0 unspecified atom stereocenters. The highest BCUT2D eigenvalue weighted by atomic mass is 35.5. The molecule has 0 atom stereocenters. The van der Waals surface area contributed by atoms with Crippen molar-refractivity contribution in [3.05, 3.63) is 70.5 Å². The highest BCUT2D eigenvalue weighted by Gasteiger charge is 2.17. The van der Waals surface area contributed by atoms with Crippen LogP contribution < -0.4 is 5.32 Å². The van der Waals surface area contributed by atoms with Crippen molar-refractivity contribution in [2.24, 2.45) is 5.92 Å². The fourth-order valence-corrected chi connectivity index (χ4v) is 3.94. The van der Waals surface area contributed by atoms with E-state index in [2.05, 4.69) is 15.5 Å². The number of halogens is 1. The molecule has 2 aromatic carbocycles. The number of thioether (sulfide) groups is 1. The fourth-order valence-electron chi connectivity index (χ4n) is 2.69. The molecule has 1 aromatic heterocycles. The maximum Gasteiger partial charge on any atom is 0.222 e. The molecule has 0 fully saturated rings. The van der Waals surface area contributed by atoms with Crippen LogP contribution in [0.2, 0.25) is 5.02 Å². The van der Waals surface area contributed by atoms with Crippen LogP contribution in [-0.4, -0.2) is 20.7 Å². The summed E-state index contributed by atoms with van der Waals surface area (Å²) in [5.41, 5.74) is 3.16. The Kier molecular flexibility index (Phi) is 6.75. The number of carbonyl (C=O) groups excluding carboxylic acids is 1. The highest BCUT2D eigenvalue weighted by molar-refractivity contribution is 7.98. The number of aromatic nitrogens is 3. The fraction of sp³-hybridized carbons (Fsp3) is 0.286. The molecule has 28 heavy (non-hydrogen) atoms. The van der Waals surface area contributed by atoms with E-state index in [1.165, 1.54) is 0 Å². The number of nitrogens with zero attached hydrogens (tertiary/aromatic N) is 3. The Morgan fingerprint density at radius 3 is 2.57 bits per heavy atom. The van der Waals surface area contributed by atoms with Gasteiger partial charge in [-0.05, 0) is 30.2 Å². The van der Waals surface area contributed by atoms with E-state index >= 15 is 0 Å². The second-order valence-electron chi connectivity index (χ2n) is 6.77. The summed E-state index contributed by atoms with van der Waals surface area (Å²) in [5.74, 6) is 1.29. The number of hydrogen-bond acceptors (Lipinski definition) is 4. The number of carbonyl (C=O) groups is 1. The summed E-state index contributed by atoms with van der Waals surface area (Å²) in [6.45, 7) is 6.11. The van der Waals surface area contributed by atoms with Crippen LogP contribution in [0, 0.1) is 12.8 Å². The Hall–Kier alpha value is -2.31. The predicted octanol–water partition coefficient (Wildman–Crippen LogP) is 4.79. The molecular weight excluding hydrogens is 392 g/mol. The van der Waals surface area contributed by atoms with Crippen LogP contribution in [0.25, 0.3) is 5.69 Å². The van der Waals surface area contributed by atoms with Crippen molar-refractivity contribution in [2.75, 3.05) is 0 Å². The SMILES string of the molecule is Cc1ccccc1-n1c(CNC(=O)C(C)C)nnc1SCc1ccccc1Cl. The molecule has 1 heterocycles. The van der Waals surface area contributed by atoms with E-state index in [0.717, 1.165) is 27.0 Å². The van der Waals surface area contributed by atoms with Gasteiger partial charge in [0.25, 0.3) is 0 Å². The molecule has 146 valence electrons. The normalized spacial score (nSPS) is 11.0. The first-order chi connectivity index (χ1) is 13.5. The lowest BCUT2D eigenvalue weighted by Crippen LogP contribution is -2.28. The van der Waals surface area contributed by atoms with E-state index in [4.69, 9.17) is 11.6 Å². The number of nitrogens with one attached hydrogen (secondary N) is 1. The monoisotopic (exact) mass is 414 g/mol. The number of benzene rings is 2. The zero-order valence-electron chi connectivity index (χ0n) is 16.1. The van der Waals surface area contributed by atoms with Crippen molar-refractivity contribution in [3.8, 4) is 5.69 Å². The molecule has 5 nitrogen and oxygen atoms in total. The molecule has 0 aliphatic rings. The number of aryl methyl sites for hydroxylation is 1. The zero-order valence-corrected chi connectivity index (χ0v) is 17.7. The molecule has 0 saturated carbocycles. The Bertz CT molecular complexity index is 971. The maximum atomic E-state index is 12.0. The topological polar surface area (TPSA) is 59.8 Å². The maximum absolute atomic E-state index is 12.0. The molecule has 0 radical (unpaired) electrons. The van der Waals surface area contributed by atoms with Gasteiger partial charge >= 0.3 is 0 Å². The molecule has 0 aliphatic carbocycles. The van der Waals surface area contributed by atoms with Crippen LogP contribution in [0.15, 0.2) is 53.7 Å². The Balaban J connectivity index is 1.90. The molecule has 0 spiro atoms. The van der Waals surface area contributed by atoms with Crippen molar-refractivity contribution < 1.29 is 4.79 Å². The third-order valence-electron chi connectivity index (χ3n) is 4.32. The predicted molar refractivity (Wildman–Crippen MR) is 114 cm³/mol. The zero-order chi connectivity index (χ0) is 20.1. The van der Waals surface area contributed by atoms with Crippen molar-refractivity contribution in [2.45, 2.75) is 38.2 Å². The van der Waals surface area contributed by atoms with Gasteiger partial charge < -0.3 is 5.32 Å². The number of para-hydroxylation sites is 1. The van der Waals surface area contributed by atoms with Gasteiger partial charge in [0.2, 0.25) is 5.91 Å². The lowest BCUT2D eigenvalue weighted by Gasteiger charge is -2.14. The summed E-state index contributed by atoms with van der Waals surface area (Å²) >= 11 is 7.86. The lowest BCUT2D eigenvalue weighted by molar-refractivity contribution is -0.124. The Morgan fingerprint density at radius 2 is 1.86 bits per heavy atom. The van der Waals surface area contributed by atoms with Gasteiger partial charge in [0.15, 0.2) is 11.0 Å². The molecule has 1 N–H and O–H groups in total. The molecule has 3 rings (SSSR count). The first-order valence-electron chi connectivity index (χ1n) is 9.11. The number of hydrogen-bond donors (Lipinski definition) is 1. The Morgan fingerprint density at radius 1 is 1.14 bits per heavy atom. The van der Waals surface area contributed by atoms with Gasteiger partial charge in [0, 0.05) is 16.7 Å². The van der Waals surface area contributed by atoms with Crippen LogP contribution in [0.4, 0.5) is 0 Å². The van der Waals surface area contributed by atoms with E-state index in [-0.39, 0.29) is 11.8 Å². The summed E-state index contributed by atoms with van der Waals surface area (Å²) in [7, 11) is 0. The number of rotatable bonds is 7. The second-order valence-corrected chi connectivity index (χ2v) is 8.12. The smallest absolute Gasteiger partial charge is 0.222 e. The Labute approximate surface area is 174 Å². The lowest BCUT2D eigenvalue weighted by atomic mass is 10.2. The van der Waals surface area contributed by atoms with Crippen LogP contribution in [0.5, 0.6) is 0 Å². The van der Waals surface area contributed by atoms with Crippen LogP contribution in [0.3, 0.4) is 0 Å². The van der Waals surface area contributed by atoms with Crippen molar-refractivity contribution in [1.82, 2.24) is 20.1 Å². The van der Waals surface area contributed by atoms with E-state index in [9.17, 15) is 4.79 Å². The molecule has 3 aromatic rings. The van der Waals surface area contributed by atoms with Crippen molar-refractivity contribution in [3.63, 3.8) is 0 Å². The average Bonchev–Trinajstić information content (AvgIpc) is 3.08. The molecule has 0 bridgehead atoms. The summed E-state index contributed by atoms with van der Waals surface area (Å²) in [4.78, 5) is 12.0. The first kappa shape index (κ1) is 20.4. The van der Waals surface area contributed by atoms with Gasteiger partial charge in [-0.3, -0.25) is 9.36 Å². The van der Waals surface area contributed by atoms with Gasteiger partial charge in [-0.15, -0.1) is 10.2 Å². The van der Waals surface area contributed by atoms with Crippen LogP contribution in [0.1, 0.15) is 30.8 Å². The van der Waals surface area contributed by atoms with Crippen LogP contribution in [-0.2, 0) is 17.1 Å². The minimum Gasteiger partial charge on any atom is -0.349 e. The molecule has 0 aliphatic heterocycles. The van der Waals surface area contributed by atoms with Crippen molar-refractivity contribution >= 4 is 29.3 Å². The van der Waals surface area contributed by atoms with Crippen molar-refractivity contribution in [1.29, 1.82) is 0 Å². The minimum absolute atomic E-state index is 0.00963. The highest BCUT2D eigenvalue weighted by Crippen LogP contribution is 2.29. The number of amides is 1. The van der Waals surface area contributed by atoms with Crippen LogP contribution >= 0.6 is 23.4 Å². The van der Waals surface area contributed by atoms with Gasteiger partial charge in [-0.2, -0.15) is 0 Å². The van der Waals surface area contributed by atoms with Gasteiger partial charge in [-0.25, -0.2) is 0 Å². The summed E-state index contributed by atoms with van der Waals surface area (Å²) in [5, 5.41) is 13.2. The van der Waals surface area contributed by atoms with E-state index in [1.54, 1.807) is 11.8 Å². The molecule has 7 heteroatoms. The van der Waals surface area contributed by atoms with Gasteiger partial charge in [0.1, 0.15) is 0 Å². The summed E-state index contributed by atoms with van der Waals surface area (Å²) < 4.78 is 2.01. The third kappa shape index (κ3) is 4.75. The second kappa shape index (κ2) is 9.26. The van der Waals surface area contributed by atoms with E-state index in [1.807, 2.05) is 73.9 Å². The van der Waals surface area contributed by atoms with E-state index < -0.39 is 0 Å². The molecular formula is C21H23ClN4OS. The third-order valence-corrected chi connectivity index (χ3v) is 5.66. The standard InChI is InChI=1S/C21H23ClN4OS/c1-14(2)20(27)23-12-19-24-25-21(26(19)18-11-7-4-8-15(18)3)28-13-16-9-5-6-10-17(16)22/h4-11,14H,12-13H2,1-3H3,(H,23,27). The largest absolute Gasteiger partial charge is 0.349 e. The summed E-state index contributed by atoms with van der Waals surface area (Å²) in [6, 6.07) is 15.9. The minimum atomic E-state index is -0.0797.